The van der Waals surface area contributed by atoms with Crippen molar-refractivity contribution in [2.75, 3.05) is 22.5 Å². The Kier molecular flexibility index (Phi) is 4.00. The van der Waals surface area contributed by atoms with E-state index < -0.39 is 0 Å². The van der Waals surface area contributed by atoms with Gasteiger partial charge in [0.25, 0.3) is 0 Å². The summed E-state index contributed by atoms with van der Waals surface area (Å²) >= 11 is 0. The standard InChI is InChI=1S/C18H21N3O/c1-13(18(22)20-16-10-8-15(19)9-11-16)21-12-4-6-14-5-2-3-7-17(14)21/h2-3,5,7-11,13H,4,6,12,19H2,1H3,(H,20,22). The maximum absolute atomic E-state index is 12.5. The lowest BCUT2D eigenvalue weighted by molar-refractivity contribution is -0.117. The first kappa shape index (κ1) is 14.4. The normalized spacial score (nSPS) is 15.0. The van der Waals surface area contributed by atoms with Crippen LogP contribution in [0, 0.1) is 0 Å². The van der Waals surface area contributed by atoms with E-state index >= 15 is 0 Å². The maximum atomic E-state index is 12.5. The third-order valence-corrected chi connectivity index (χ3v) is 4.17. The summed E-state index contributed by atoms with van der Waals surface area (Å²) in [6, 6.07) is 15.3. The van der Waals surface area contributed by atoms with Crippen molar-refractivity contribution in [1.82, 2.24) is 0 Å². The van der Waals surface area contributed by atoms with Crippen LogP contribution in [0.15, 0.2) is 48.5 Å². The fourth-order valence-electron chi connectivity index (χ4n) is 2.92. The van der Waals surface area contributed by atoms with Gasteiger partial charge in [-0.2, -0.15) is 0 Å². The maximum Gasteiger partial charge on any atom is 0.246 e. The van der Waals surface area contributed by atoms with Gasteiger partial charge in [-0.3, -0.25) is 4.79 Å². The molecule has 0 aliphatic carbocycles. The van der Waals surface area contributed by atoms with Crippen molar-refractivity contribution < 1.29 is 4.79 Å². The number of carbonyl (C=O) groups excluding carboxylic acids is 1. The average Bonchev–Trinajstić information content (AvgIpc) is 2.55. The summed E-state index contributed by atoms with van der Waals surface area (Å²) in [5.41, 5.74) is 9.63. The van der Waals surface area contributed by atoms with Crippen LogP contribution in [0.4, 0.5) is 17.1 Å². The van der Waals surface area contributed by atoms with Gasteiger partial charge in [0.1, 0.15) is 6.04 Å². The third kappa shape index (κ3) is 2.91. The number of nitrogens with one attached hydrogen (secondary N) is 1. The van der Waals surface area contributed by atoms with E-state index in [1.165, 1.54) is 11.3 Å². The fraction of sp³-hybridized carbons (Fsp3) is 0.278. The summed E-state index contributed by atoms with van der Waals surface area (Å²) in [5.74, 6) is 0.00137. The minimum Gasteiger partial charge on any atom is -0.399 e. The summed E-state index contributed by atoms with van der Waals surface area (Å²) in [6.45, 7) is 2.86. The smallest absolute Gasteiger partial charge is 0.246 e. The first-order valence-electron chi connectivity index (χ1n) is 7.66. The second-order valence-electron chi connectivity index (χ2n) is 5.71. The Morgan fingerprint density at radius 1 is 1.18 bits per heavy atom. The number of carbonyl (C=O) groups is 1. The van der Waals surface area contributed by atoms with Crippen LogP contribution in [0.5, 0.6) is 0 Å². The molecule has 4 heteroatoms. The molecule has 1 amide bonds. The van der Waals surface area contributed by atoms with Crippen molar-refractivity contribution in [1.29, 1.82) is 0 Å². The summed E-state index contributed by atoms with van der Waals surface area (Å²) in [5, 5.41) is 2.96. The Bertz CT molecular complexity index is 666. The molecule has 1 aliphatic heterocycles. The van der Waals surface area contributed by atoms with E-state index in [9.17, 15) is 4.79 Å². The van der Waals surface area contributed by atoms with Crippen LogP contribution in [0.1, 0.15) is 18.9 Å². The van der Waals surface area contributed by atoms with Crippen LogP contribution in [-0.2, 0) is 11.2 Å². The Morgan fingerprint density at radius 2 is 1.91 bits per heavy atom. The lowest BCUT2D eigenvalue weighted by Gasteiger charge is -2.35. The highest BCUT2D eigenvalue weighted by Crippen LogP contribution is 2.28. The number of nitrogens with two attached hydrogens (primary N) is 1. The van der Waals surface area contributed by atoms with Crippen LogP contribution >= 0.6 is 0 Å². The minimum absolute atomic E-state index is 0.00137. The molecule has 2 aromatic carbocycles. The zero-order chi connectivity index (χ0) is 15.5. The van der Waals surface area contributed by atoms with Crippen LogP contribution in [0.2, 0.25) is 0 Å². The van der Waals surface area contributed by atoms with Gasteiger partial charge >= 0.3 is 0 Å². The monoisotopic (exact) mass is 295 g/mol. The van der Waals surface area contributed by atoms with Gasteiger partial charge in [-0.15, -0.1) is 0 Å². The molecule has 3 N–H and O–H groups in total. The van der Waals surface area contributed by atoms with Gasteiger partial charge in [0, 0.05) is 23.6 Å². The number of benzene rings is 2. The van der Waals surface area contributed by atoms with Crippen molar-refractivity contribution in [3.8, 4) is 0 Å². The third-order valence-electron chi connectivity index (χ3n) is 4.17. The highest BCUT2D eigenvalue weighted by atomic mass is 16.2. The molecular weight excluding hydrogens is 274 g/mol. The van der Waals surface area contributed by atoms with E-state index in [2.05, 4.69) is 28.4 Å². The first-order chi connectivity index (χ1) is 10.6. The number of hydrogen-bond donors (Lipinski definition) is 2. The van der Waals surface area contributed by atoms with Gasteiger partial charge in [0.05, 0.1) is 0 Å². The van der Waals surface area contributed by atoms with Gasteiger partial charge in [-0.25, -0.2) is 0 Å². The molecule has 1 heterocycles. The molecule has 1 aliphatic rings. The molecule has 0 spiro atoms. The lowest BCUT2D eigenvalue weighted by Crippen LogP contribution is -2.44. The largest absolute Gasteiger partial charge is 0.399 e. The zero-order valence-electron chi connectivity index (χ0n) is 12.8. The summed E-state index contributed by atoms with van der Waals surface area (Å²) < 4.78 is 0. The molecule has 2 aromatic rings. The molecule has 0 aromatic heterocycles. The number of nitrogen functional groups attached to an aromatic ring is 1. The Balaban J connectivity index is 1.75. The van der Waals surface area contributed by atoms with Gasteiger partial charge < -0.3 is 16.0 Å². The van der Waals surface area contributed by atoms with Crippen LogP contribution in [0.3, 0.4) is 0 Å². The molecule has 22 heavy (non-hydrogen) atoms. The molecule has 3 rings (SSSR count). The van der Waals surface area contributed by atoms with E-state index in [0.29, 0.717) is 5.69 Å². The summed E-state index contributed by atoms with van der Waals surface area (Å²) in [4.78, 5) is 14.7. The van der Waals surface area contributed by atoms with Crippen molar-refractivity contribution in [3.63, 3.8) is 0 Å². The number of anilines is 3. The quantitative estimate of drug-likeness (QED) is 0.856. The summed E-state index contributed by atoms with van der Waals surface area (Å²) in [6.07, 6.45) is 2.16. The SMILES string of the molecule is CC(C(=O)Nc1ccc(N)cc1)N1CCCc2ccccc21. The van der Waals surface area contributed by atoms with E-state index in [-0.39, 0.29) is 11.9 Å². The lowest BCUT2D eigenvalue weighted by atomic mass is 10.00. The van der Waals surface area contributed by atoms with Gasteiger partial charge in [-0.1, -0.05) is 18.2 Å². The molecular formula is C18H21N3O. The molecule has 1 unspecified atom stereocenters. The number of amides is 1. The Hall–Kier alpha value is -2.49. The molecule has 4 nitrogen and oxygen atoms in total. The minimum atomic E-state index is -0.209. The van der Waals surface area contributed by atoms with E-state index in [1.54, 1.807) is 12.1 Å². The van der Waals surface area contributed by atoms with Crippen LogP contribution < -0.4 is 16.0 Å². The first-order valence-corrected chi connectivity index (χ1v) is 7.66. The number of hydrogen-bond acceptors (Lipinski definition) is 3. The predicted octanol–water partition coefficient (Wildman–Crippen LogP) is 3.05. The molecule has 114 valence electrons. The topological polar surface area (TPSA) is 58.4 Å². The van der Waals surface area contributed by atoms with E-state index in [1.807, 2.05) is 25.1 Å². The van der Waals surface area contributed by atoms with Crippen molar-refractivity contribution >= 4 is 23.0 Å². The van der Waals surface area contributed by atoms with Crippen molar-refractivity contribution in [3.05, 3.63) is 54.1 Å². The van der Waals surface area contributed by atoms with Crippen molar-refractivity contribution in [2.24, 2.45) is 0 Å². The average molecular weight is 295 g/mol. The number of fused-ring (bicyclic) bond motifs is 1. The highest BCUT2D eigenvalue weighted by molar-refractivity contribution is 5.97. The molecule has 1 atom stereocenters. The molecule has 0 bridgehead atoms. The molecule has 0 fully saturated rings. The number of rotatable bonds is 3. The van der Waals surface area contributed by atoms with Gasteiger partial charge in [-0.05, 0) is 55.7 Å². The van der Waals surface area contributed by atoms with E-state index in [4.69, 9.17) is 5.73 Å². The Labute approximate surface area is 130 Å². The second kappa shape index (κ2) is 6.10. The van der Waals surface area contributed by atoms with Crippen molar-refractivity contribution in [2.45, 2.75) is 25.8 Å². The predicted molar refractivity (Wildman–Crippen MR) is 91.1 cm³/mol. The van der Waals surface area contributed by atoms with Crippen LogP contribution in [-0.4, -0.2) is 18.5 Å². The summed E-state index contributed by atoms with van der Waals surface area (Å²) in [7, 11) is 0. The molecule has 0 saturated heterocycles. The number of aryl methyl sites for hydroxylation is 1. The number of para-hydroxylation sites is 1. The van der Waals surface area contributed by atoms with Gasteiger partial charge in [0.15, 0.2) is 0 Å². The second-order valence-corrected chi connectivity index (χ2v) is 5.71. The molecule has 0 saturated carbocycles. The molecule has 0 radical (unpaired) electrons. The highest BCUT2D eigenvalue weighted by Gasteiger charge is 2.25. The Morgan fingerprint density at radius 3 is 2.68 bits per heavy atom. The van der Waals surface area contributed by atoms with Gasteiger partial charge in [0.2, 0.25) is 5.91 Å². The fourth-order valence-corrected chi connectivity index (χ4v) is 2.92. The number of nitrogens with zero attached hydrogens (tertiary/aromatic N) is 1. The zero-order valence-corrected chi connectivity index (χ0v) is 12.8. The van der Waals surface area contributed by atoms with E-state index in [0.717, 1.165) is 25.1 Å². The van der Waals surface area contributed by atoms with Crippen LogP contribution in [0.25, 0.3) is 0 Å².